The molecule has 0 saturated carbocycles. The first kappa shape index (κ1) is 20.8. The number of alkyl halides is 3. The highest BCUT2D eigenvalue weighted by Crippen LogP contribution is 2.31. The van der Waals surface area contributed by atoms with Gasteiger partial charge in [-0.1, -0.05) is 6.07 Å². The second-order valence-corrected chi connectivity index (χ2v) is 5.54. The Morgan fingerprint density at radius 1 is 1.12 bits per heavy atom. The van der Waals surface area contributed by atoms with Gasteiger partial charge in [-0.25, -0.2) is 0 Å². The minimum atomic E-state index is -4.30. The Balaban J connectivity index is 0.00000288. The number of halogens is 4. The summed E-state index contributed by atoms with van der Waals surface area (Å²) in [6.45, 7) is 4.53. The number of piperazine rings is 1. The Morgan fingerprint density at radius 3 is 2.38 bits per heavy atom. The molecule has 1 fully saturated rings. The molecule has 0 atom stereocenters. The summed E-state index contributed by atoms with van der Waals surface area (Å²) in [5, 5.41) is 0. The van der Waals surface area contributed by atoms with E-state index >= 15 is 0 Å². The maximum atomic E-state index is 12.8. The molecule has 0 aromatic heterocycles. The maximum Gasteiger partial charge on any atom is 0.416 e. The number of hydrogen-bond acceptors (Lipinski definition) is 3. The summed E-state index contributed by atoms with van der Waals surface area (Å²) in [5.74, 6) is 0.0966. The molecule has 0 aliphatic carbocycles. The van der Waals surface area contributed by atoms with Gasteiger partial charge >= 0.3 is 6.18 Å². The van der Waals surface area contributed by atoms with Crippen LogP contribution in [0.5, 0.6) is 0 Å². The Kier molecular flexibility index (Phi) is 8.07. The molecule has 24 heavy (non-hydrogen) atoms. The van der Waals surface area contributed by atoms with E-state index in [1.54, 1.807) is 6.07 Å². The Labute approximate surface area is 156 Å². The number of anilines is 1. The second kappa shape index (κ2) is 9.30. The van der Waals surface area contributed by atoms with Gasteiger partial charge in [0.2, 0.25) is 0 Å². The van der Waals surface area contributed by atoms with E-state index in [0.717, 1.165) is 32.1 Å². The van der Waals surface area contributed by atoms with Crippen molar-refractivity contribution in [1.82, 2.24) is 4.90 Å². The van der Waals surface area contributed by atoms with Gasteiger partial charge in [-0.2, -0.15) is 13.2 Å². The van der Waals surface area contributed by atoms with Crippen molar-refractivity contribution in [1.29, 1.82) is 0 Å². The summed E-state index contributed by atoms with van der Waals surface area (Å²) in [7, 11) is 0. The van der Waals surface area contributed by atoms with Crippen LogP contribution in [0.25, 0.3) is 0 Å². The van der Waals surface area contributed by atoms with Crippen LogP contribution in [-0.4, -0.2) is 50.1 Å². The predicted molar refractivity (Wildman–Crippen MR) is 101 cm³/mol. The average molecular weight is 457 g/mol. The first-order chi connectivity index (χ1) is 10.9. The van der Waals surface area contributed by atoms with Gasteiger partial charge in [-0.15, -0.1) is 24.0 Å². The van der Waals surface area contributed by atoms with Crippen LogP contribution in [0.3, 0.4) is 0 Å². The van der Waals surface area contributed by atoms with Crippen LogP contribution in [0.15, 0.2) is 29.3 Å². The number of aliphatic imine (C=N–C) groups is 1. The SMILES string of the molecule is I.NC(N)=NCCCN1CCN(c2cccc(C(F)(F)F)c2)CC1. The lowest BCUT2D eigenvalue weighted by atomic mass is 10.1. The van der Waals surface area contributed by atoms with Gasteiger partial charge in [0.05, 0.1) is 5.56 Å². The van der Waals surface area contributed by atoms with Gasteiger partial charge in [0.25, 0.3) is 0 Å². The second-order valence-electron chi connectivity index (χ2n) is 5.54. The van der Waals surface area contributed by atoms with Gasteiger partial charge in [0.15, 0.2) is 5.96 Å². The lowest BCUT2D eigenvalue weighted by molar-refractivity contribution is -0.137. The first-order valence-corrected chi connectivity index (χ1v) is 7.56. The van der Waals surface area contributed by atoms with Crippen LogP contribution in [0.2, 0.25) is 0 Å². The Hall–Kier alpha value is -1.23. The normalized spacial score (nSPS) is 15.7. The molecule has 9 heteroatoms. The Morgan fingerprint density at radius 2 is 1.79 bits per heavy atom. The molecule has 1 aliphatic heterocycles. The molecule has 0 bridgehead atoms. The molecular formula is C15H23F3IN5. The fourth-order valence-electron chi connectivity index (χ4n) is 2.61. The standard InChI is InChI=1S/C15H22F3N5.HI/c16-15(17,18)12-3-1-4-13(11-12)23-9-7-22(8-10-23)6-2-5-21-14(19)20;/h1,3-4,11H,2,5-10H2,(H4,19,20,21);1H. The van der Waals surface area contributed by atoms with Gasteiger partial charge in [0.1, 0.15) is 0 Å². The van der Waals surface area contributed by atoms with Crippen molar-refractivity contribution >= 4 is 35.6 Å². The molecule has 4 N–H and O–H groups in total. The van der Waals surface area contributed by atoms with Crippen molar-refractivity contribution in [3.63, 3.8) is 0 Å². The summed E-state index contributed by atoms with van der Waals surface area (Å²) >= 11 is 0. The Bertz CT molecular complexity index is 538. The van der Waals surface area contributed by atoms with E-state index in [9.17, 15) is 13.2 Å². The van der Waals surface area contributed by atoms with E-state index < -0.39 is 11.7 Å². The fourth-order valence-corrected chi connectivity index (χ4v) is 2.61. The van der Waals surface area contributed by atoms with Crippen molar-refractivity contribution in [3.05, 3.63) is 29.8 Å². The van der Waals surface area contributed by atoms with Crippen molar-refractivity contribution in [2.24, 2.45) is 16.5 Å². The quantitative estimate of drug-likeness (QED) is 0.308. The third kappa shape index (κ3) is 6.34. The number of rotatable bonds is 5. The first-order valence-electron chi connectivity index (χ1n) is 7.56. The van der Waals surface area contributed by atoms with E-state index in [-0.39, 0.29) is 29.9 Å². The van der Waals surface area contributed by atoms with Crippen molar-refractivity contribution in [2.45, 2.75) is 12.6 Å². The number of guanidine groups is 1. The summed E-state index contributed by atoms with van der Waals surface area (Å²) in [6, 6.07) is 5.50. The van der Waals surface area contributed by atoms with Crippen LogP contribution < -0.4 is 16.4 Å². The maximum absolute atomic E-state index is 12.8. The van der Waals surface area contributed by atoms with Crippen LogP contribution >= 0.6 is 24.0 Å². The van der Waals surface area contributed by atoms with Gasteiger partial charge in [-0.05, 0) is 24.6 Å². The molecule has 0 unspecified atom stereocenters. The van der Waals surface area contributed by atoms with E-state index in [2.05, 4.69) is 9.89 Å². The van der Waals surface area contributed by atoms with E-state index in [1.807, 2.05) is 4.90 Å². The number of benzene rings is 1. The molecule has 2 rings (SSSR count). The monoisotopic (exact) mass is 457 g/mol. The molecule has 1 aliphatic rings. The fraction of sp³-hybridized carbons (Fsp3) is 0.533. The minimum Gasteiger partial charge on any atom is -0.370 e. The molecule has 1 aromatic rings. The summed E-state index contributed by atoms with van der Waals surface area (Å²) < 4.78 is 38.3. The molecule has 0 radical (unpaired) electrons. The van der Waals surface area contributed by atoms with Crippen LogP contribution in [-0.2, 0) is 6.18 Å². The molecule has 0 spiro atoms. The van der Waals surface area contributed by atoms with Crippen molar-refractivity contribution in [3.8, 4) is 0 Å². The molecular weight excluding hydrogens is 434 g/mol. The van der Waals surface area contributed by atoms with Crippen molar-refractivity contribution < 1.29 is 13.2 Å². The van der Waals surface area contributed by atoms with Gasteiger partial charge < -0.3 is 16.4 Å². The molecule has 1 heterocycles. The largest absolute Gasteiger partial charge is 0.416 e. The van der Waals surface area contributed by atoms with Gasteiger partial charge in [0, 0.05) is 45.0 Å². The highest BCUT2D eigenvalue weighted by molar-refractivity contribution is 14.0. The zero-order valence-electron chi connectivity index (χ0n) is 13.3. The van der Waals surface area contributed by atoms with Crippen LogP contribution in [0.4, 0.5) is 18.9 Å². The molecule has 0 amide bonds. The average Bonchev–Trinajstić information content (AvgIpc) is 2.51. The molecule has 1 aromatic carbocycles. The zero-order chi connectivity index (χ0) is 16.9. The van der Waals surface area contributed by atoms with E-state index in [4.69, 9.17) is 11.5 Å². The lowest BCUT2D eigenvalue weighted by Crippen LogP contribution is -2.46. The van der Waals surface area contributed by atoms with Crippen LogP contribution in [0.1, 0.15) is 12.0 Å². The third-order valence-corrected chi connectivity index (χ3v) is 3.84. The van der Waals surface area contributed by atoms with Gasteiger partial charge in [-0.3, -0.25) is 9.89 Å². The van der Waals surface area contributed by atoms with Crippen molar-refractivity contribution in [2.75, 3.05) is 44.2 Å². The van der Waals surface area contributed by atoms with Crippen LogP contribution in [0, 0.1) is 0 Å². The summed E-state index contributed by atoms with van der Waals surface area (Å²) in [4.78, 5) is 8.19. The zero-order valence-corrected chi connectivity index (χ0v) is 15.6. The number of nitrogens with two attached hydrogens (primary N) is 2. The lowest BCUT2D eigenvalue weighted by Gasteiger charge is -2.36. The molecule has 1 saturated heterocycles. The topological polar surface area (TPSA) is 70.9 Å². The third-order valence-electron chi connectivity index (χ3n) is 3.84. The number of nitrogens with zero attached hydrogens (tertiary/aromatic N) is 3. The minimum absolute atomic E-state index is 0. The highest BCUT2D eigenvalue weighted by atomic mass is 127. The molecule has 136 valence electrons. The van der Waals surface area contributed by atoms with E-state index in [1.165, 1.54) is 12.1 Å². The summed E-state index contributed by atoms with van der Waals surface area (Å²) in [5.41, 5.74) is 10.6. The smallest absolute Gasteiger partial charge is 0.370 e. The van der Waals surface area contributed by atoms with E-state index in [0.29, 0.717) is 25.3 Å². The molecule has 5 nitrogen and oxygen atoms in total. The predicted octanol–water partition coefficient (Wildman–Crippen LogP) is 2.11. The summed E-state index contributed by atoms with van der Waals surface area (Å²) in [6.07, 6.45) is -3.44. The number of hydrogen-bond donors (Lipinski definition) is 2. The highest BCUT2D eigenvalue weighted by Gasteiger charge is 2.31.